The molecular weight excluding hydrogens is 338 g/mol. The molecule has 4 rings (SSSR count). The van der Waals surface area contributed by atoms with Crippen LogP contribution in [0.1, 0.15) is 43.6 Å². The van der Waals surface area contributed by atoms with E-state index in [0.29, 0.717) is 12.1 Å². The van der Waals surface area contributed by atoms with Gasteiger partial charge < -0.3 is 10.1 Å². The smallest absolute Gasteiger partial charge is 0.152 e. The Morgan fingerprint density at radius 3 is 2.67 bits per heavy atom. The third-order valence-electron chi connectivity index (χ3n) is 5.00. The number of nitrogens with zero attached hydrogens (tertiary/aromatic N) is 4. The first kappa shape index (κ1) is 17.7. The van der Waals surface area contributed by atoms with Crippen molar-refractivity contribution in [2.75, 3.05) is 0 Å². The molecule has 1 aliphatic heterocycles. The average molecular weight is 363 g/mol. The van der Waals surface area contributed by atoms with Gasteiger partial charge in [0.1, 0.15) is 11.5 Å². The second-order valence-corrected chi connectivity index (χ2v) is 7.00. The molecule has 6 nitrogen and oxygen atoms in total. The van der Waals surface area contributed by atoms with E-state index in [0.717, 1.165) is 49.6 Å². The number of para-hydroxylation sites is 1. The van der Waals surface area contributed by atoms with Crippen molar-refractivity contribution < 1.29 is 4.74 Å². The predicted octanol–water partition coefficient (Wildman–Crippen LogP) is 3.91. The monoisotopic (exact) mass is 363 g/mol. The first-order chi connectivity index (χ1) is 13.3. The molecule has 140 valence electrons. The van der Waals surface area contributed by atoms with Crippen molar-refractivity contribution in [3.05, 3.63) is 66.0 Å². The zero-order valence-electron chi connectivity index (χ0n) is 15.6. The van der Waals surface area contributed by atoms with E-state index in [1.807, 2.05) is 47.1 Å². The molecule has 0 amide bonds. The van der Waals surface area contributed by atoms with Gasteiger partial charge in [0.05, 0.1) is 0 Å². The van der Waals surface area contributed by atoms with Gasteiger partial charge >= 0.3 is 0 Å². The normalized spacial score (nSPS) is 17.3. The maximum absolute atomic E-state index is 5.91. The van der Waals surface area contributed by atoms with Crippen LogP contribution in [0.4, 0.5) is 0 Å². The van der Waals surface area contributed by atoms with E-state index in [9.17, 15) is 0 Å². The van der Waals surface area contributed by atoms with Crippen LogP contribution in [0, 0.1) is 0 Å². The molecule has 27 heavy (non-hydrogen) atoms. The summed E-state index contributed by atoms with van der Waals surface area (Å²) in [7, 11) is 0. The van der Waals surface area contributed by atoms with Gasteiger partial charge in [-0.05, 0) is 53.1 Å². The number of fused-ring (bicyclic) bond motifs is 1. The van der Waals surface area contributed by atoms with Crippen molar-refractivity contribution in [3.8, 4) is 11.5 Å². The minimum Gasteiger partial charge on any atom is -0.457 e. The van der Waals surface area contributed by atoms with Crippen molar-refractivity contribution in [2.45, 2.75) is 51.2 Å². The molecule has 0 fully saturated rings. The first-order valence-electron chi connectivity index (χ1n) is 9.66. The summed E-state index contributed by atoms with van der Waals surface area (Å²) in [6, 6.07) is 19.0. The summed E-state index contributed by atoms with van der Waals surface area (Å²) in [5.41, 5.74) is 1.29. The zero-order chi connectivity index (χ0) is 18.5. The van der Waals surface area contributed by atoms with Crippen LogP contribution in [0.5, 0.6) is 11.5 Å². The number of aromatic nitrogens is 4. The van der Waals surface area contributed by atoms with Crippen LogP contribution in [0.25, 0.3) is 0 Å². The number of hydrogen-bond donors (Lipinski definition) is 1. The molecule has 0 bridgehead atoms. The van der Waals surface area contributed by atoms with E-state index in [1.165, 1.54) is 5.56 Å². The zero-order valence-corrected chi connectivity index (χ0v) is 15.6. The SMILES string of the molecule is CCCC(NC1CCn2nnnc2C1)c1ccc(Oc2ccccc2)cc1. The standard InChI is InChI=1S/C21H25N5O/c1-2-6-20(22-17-13-14-26-21(15-17)23-24-25-26)16-9-11-19(12-10-16)27-18-7-4-3-5-8-18/h3-5,7-12,17,20,22H,2,6,13-15H2,1H3. The molecule has 0 aliphatic carbocycles. The van der Waals surface area contributed by atoms with Crippen LogP contribution < -0.4 is 10.1 Å². The van der Waals surface area contributed by atoms with Crippen LogP contribution in [0.3, 0.4) is 0 Å². The van der Waals surface area contributed by atoms with Crippen molar-refractivity contribution >= 4 is 0 Å². The first-order valence-corrected chi connectivity index (χ1v) is 9.66. The molecule has 0 saturated carbocycles. The van der Waals surface area contributed by atoms with Gasteiger partial charge in [0, 0.05) is 25.0 Å². The van der Waals surface area contributed by atoms with Crippen molar-refractivity contribution in [1.82, 2.24) is 25.5 Å². The van der Waals surface area contributed by atoms with Gasteiger partial charge in [-0.1, -0.05) is 43.7 Å². The van der Waals surface area contributed by atoms with Crippen molar-refractivity contribution in [1.29, 1.82) is 0 Å². The highest BCUT2D eigenvalue weighted by Gasteiger charge is 2.23. The fourth-order valence-corrected chi connectivity index (χ4v) is 3.60. The Kier molecular flexibility index (Phi) is 5.44. The van der Waals surface area contributed by atoms with Crippen LogP contribution in [0.2, 0.25) is 0 Å². The van der Waals surface area contributed by atoms with E-state index in [2.05, 4.69) is 39.9 Å². The third kappa shape index (κ3) is 4.34. The average Bonchev–Trinajstić information content (AvgIpc) is 3.17. The molecule has 2 aromatic carbocycles. The van der Waals surface area contributed by atoms with Crippen LogP contribution >= 0.6 is 0 Å². The lowest BCUT2D eigenvalue weighted by atomic mass is 9.98. The van der Waals surface area contributed by atoms with Gasteiger partial charge in [-0.15, -0.1) is 5.10 Å². The highest BCUT2D eigenvalue weighted by Crippen LogP contribution is 2.26. The number of tetrazole rings is 1. The van der Waals surface area contributed by atoms with E-state index in [1.54, 1.807) is 0 Å². The number of benzene rings is 2. The van der Waals surface area contributed by atoms with E-state index in [4.69, 9.17) is 4.74 Å². The van der Waals surface area contributed by atoms with Gasteiger partial charge in [0.25, 0.3) is 0 Å². The Hall–Kier alpha value is -2.73. The van der Waals surface area contributed by atoms with E-state index >= 15 is 0 Å². The molecule has 2 unspecified atom stereocenters. The fraction of sp³-hybridized carbons (Fsp3) is 0.381. The van der Waals surface area contributed by atoms with Crippen LogP contribution in [0.15, 0.2) is 54.6 Å². The largest absolute Gasteiger partial charge is 0.457 e. The number of rotatable bonds is 7. The van der Waals surface area contributed by atoms with Gasteiger partial charge in [-0.3, -0.25) is 0 Å². The third-order valence-corrected chi connectivity index (χ3v) is 5.00. The molecule has 1 N–H and O–H groups in total. The Morgan fingerprint density at radius 2 is 1.89 bits per heavy atom. The lowest BCUT2D eigenvalue weighted by Crippen LogP contribution is -2.39. The lowest BCUT2D eigenvalue weighted by molar-refractivity contribution is 0.333. The molecule has 2 atom stereocenters. The topological polar surface area (TPSA) is 64.9 Å². The molecule has 0 radical (unpaired) electrons. The number of ether oxygens (including phenoxy) is 1. The van der Waals surface area contributed by atoms with Crippen LogP contribution in [-0.2, 0) is 13.0 Å². The van der Waals surface area contributed by atoms with Crippen molar-refractivity contribution in [3.63, 3.8) is 0 Å². The second-order valence-electron chi connectivity index (χ2n) is 7.00. The minimum absolute atomic E-state index is 0.327. The molecular formula is C21H25N5O. The van der Waals surface area contributed by atoms with Crippen molar-refractivity contribution in [2.24, 2.45) is 0 Å². The highest BCUT2D eigenvalue weighted by atomic mass is 16.5. The van der Waals surface area contributed by atoms with E-state index < -0.39 is 0 Å². The molecule has 0 saturated heterocycles. The summed E-state index contributed by atoms with van der Waals surface area (Å²) in [6.45, 7) is 3.10. The predicted molar refractivity (Wildman–Crippen MR) is 104 cm³/mol. The molecule has 0 spiro atoms. The number of hydrogen-bond acceptors (Lipinski definition) is 5. The summed E-state index contributed by atoms with van der Waals surface area (Å²) in [5.74, 6) is 2.69. The summed E-state index contributed by atoms with van der Waals surface area (Å²) < 4.78 is 7.81. The highest BCUT2D eigenvalue weighted by molar-refractivity contribution is 5.34. The van der Waals surface area contributed by atoms with Crippen LogP contribution in [-0.4, -0.2) is 26.2 Å². The fourth-order valence-electron chi connectivity index (χ4n) is 3.60. The summed E-state index contributed by atoms with van der Waals surface area (Å²) in [6.07, 6.45) is 4.15. The van der Waals surface area contributed by atoms with Gasteiger partial charge in [-0.25, -0.2) is 4.68 Å². The molecule has 1 aliphatic rings. The molecule has 3 aromatic rings. The maximum Gasteiger partial charge on any atom is 0.152 e. The molecule has 1 aromatic heterocycles. The summed E-state index contributed by atoms with van der Waals surface area (Å²) >= 11 is 0. The van der Waals surface area contributed by atoms with Gasteiger partial charge in [0.15, 0.2) is 5.82 Å². The molecule has 6 heteroatoms. The number of aryl methyl sites for hydroxylation is 1. The minimum atomic E-state index is 0.327. The Balaban J connectivity index is 1.42. The number of nitrogens with one attached hydrogen (secondary N) is 1. The summed E-state index contributed by atoms with van der Waals surface area (Å²) in [4.78, 5) is 0. The van der Waals surface area contributed by atoms with Gasteiger partial charge in [-0.2, -0.15) is 0 Å². The Bertz CT molecular complexity index is 847. The van der Waals surface area contributed by atoms with E-state index in [-0.39, 0.29) is 0 Å². The lowest BCUT2D eigenvalue weighted by Gasteiger charge is -2.28. The van der Waals surface area contributed by atoms with Gasteiger partial charge in [0.2, 0.25) is 0 Å². The second kappa shape index (κ2) is 8.31. The Morgan fingerprint density at radius 1 is 1.11 bits per heavy atom. The Labute approximate surface area is 159 Å². The molecule has 2 heterocycles. The summed E-state index contributed by atoms with van der Waals surface area (Å²) in [5, 5.41) is 15.8. The quantitative estimate of drug-likeness (QED) is 0.689. The maximum atomic E-state index is 5.91.